The molecular formula is C20H20FN3O. The molecule has 2 aromatic heterocycles. The average molecular weight is 337 g/mol. The summed E-state index contributed by atoms with van der Waals surface area (Å²) >= 11 is 0. The molecule has 0 spiro atoms. The third kappa shape index (κ3) is 2.30. The SMILES string of the molecule is COc1cc(-n2c(C(C)C)c(C)c3cc4[nH]cnc4cc32)ccc1F. The standard InChI is InChI=1S/C20H20FN3O/c1-11(2)20-12(3)14-8-16-17(23-10-22-16)9-18(14)24(20)13-5-6-15(21)19(7-13)25-4/h5-11H,1-4H3,(H,22,23). The first kappa shape index (κ1) is 15.7. The molecule has 0 aliphatic carbocycles. The maximum atomic E-state index is 13.9. The van der Waals surface area contributed by atoms with Crippen molar-refractivity contribution in [3.05, 3.63) is 53.7 Å². The van der Waals surface area contributed by atoms with E-state index < -0.39 is 0 Å². The van der Waals surface area contributed by atoms with Crippen molar-refractivity contribution in [3.8, 4) is 11.4 Å². The van der Waals surface area contributed by atoms with E-state index in [1.54, 1.807) is 18.5 Å². The van der Waals surface area contributed by atoms with E-state index in [4.69, 9.17) is 4.74 Å². The number of hydrogen-bond acceptors (Lipinski definition) is 2. The van der Waals surface area contributed by atoms with Gasteiger partial charge >= 0.3 is 0 Å². The highest BCUT2D eigenvalue weighted by Crippen LogP contribution is 2.36. The van der Waals surface area contributed by atoms with Gasteiger partial charge in [-0.1, -0.05) is 13.8 Å². The Balaban J connectivity index is 2.11. The van der Waals surface area contributed by atoms with Crippen LogP contribution >= 0.6 is 0 Å². The van der Waals surface area contributed by atoms with Crippen molar-refractivity contribution >= 4 is 21.9 Å². The molecule has 1 N–H and O–H groups in total. The molecule has 0 saturated carbocycles. The zero-order chi connectivity index (χ0) is 17.7. The van der Waals surface area contributed by atoms with Crippen LogP contribution in [0.2, 0.25) is 0 Å². The van der Waals surface area contributed by atoms with Gasteiger partial charge in [-0.3, -0.25) is 0 Å². The van der Waals surface area contributed by atoms with Crippen LogP contribution in [0, 0.1) is 12.7 Å². The van der Waals surface area contributed by atoms with Crippen LogP contribution in [0.5, 0.6) is 5.75 Å². The van der Waals surface area contributed by atoms with Crippen molar-refractivity contribution in [1.29, 1.82) is 0 Å². The van der Waals surface area contributed by atoms with E-state index in [1.807, 2.05) is 0 Å². The van der Waals surface area contributed by atoms with E-state index in [2.05, 4.69) is 47.4 Å². The Labute approximate surface area is 145 Å². The second-order valence-electron chi connectivity index (χ2n) is 6.61. The van der Waals surface area contributed by atoms with E-state index >= 15 is 0 Å². The second kappa shape index (κ2) is 5.62. The summed E-state index contributed by atoms with van der Waals surface area (Å²) in [5, 5.41) is 1.17. The Kier molecular flexibility index (Phi) is 3.53. The molecule has 0 unspecified atom stereocenters. The summed E-state index contributed by atoms with van der Waals surface area (Å²) in [5.74, 6) is 0.197. The van der Waals surface area contributed by atoms with Crippen molar-refractivity contribution < 1.29 is 9.13 Å². The summed E-state index contributed by atoms with van der Waals surface area (Å²) in [6.45, 7) is 6.47. The van der Waals surface area contributed by atoms with Crippen LogP contribution in [0.4, 0.5) is 4.39 Å². The predicted molar refractivity (Wildman–Crippen MR) is 98.3 cm³/mol. The second-order valence-corrected chi connectivity index (χ2v) is 6.61. The lowest BCUT2D eigenvalue weighted by molar-refractivity contribution is 0.386. The number of ether oxygens (including phenoxy) is 1. The molecule has 4 nitrogen and oxygen atoms in total. The Bertz CT molecular complexity index is 1090. The number of nitrogens with zero attached hydrogens (tertiary/aromatic N) is 2. The Morgan fingerprint density at radius 2 is 2.00 bits per heavy atom. The van der Waals surface area contributed by atoms with Crippen LogP contribution < -0.4 is 4.74 Å². The van der Waals surface area contributed by atoms with Crippen molar-refractivity contribution in [2.45, 2.75) is 26.7 Å². The molecule has 128 valence electrons. The predicted octanol–water partition coefficient (Wildman–Crippen LogP) is 5.09. The van der Waals surface area contributed by atoms with Gasteiger partial charge in [-0.05, 0) is 42.7 Å². The highest BCUT2D eigenvalue weighted by atomic mass is 19.1. The number of rotatable bonds is 3. The number of fused-ring (bicyclic) bond motifs is 2. The molecule has 2 aromatic carbocycles. The van der Waals surface area contributed by atoms with Gasteiger partial charge in [-0.2, -0.15) is 0 Å². The number of aromatic amines is 1. The largest absolute Gasteiger partial charge is 0.494 e. The van der Waals surface area contributed by atoms with E-state index in [0.717, 1.165) is 22.2 Å². The molecule has 0 bridgehead atoms. The molecule has 4 aromatic rings. The smallest absolute Gasteiger partial charge is 0.165 e. The van der Waals surface area contributed by atoms with Crippen molar-refractivity contribution in [2.75, 3.05) is 7.11 Å². The molecular weight excluding hydrogens is 317 g/mol. The van der Waals surface area contributed by atoms with Gasteiger partial charge in [0, 0.05) is 22.8 Å². The first-order chi connectivity index (χ1) is 12.0. The van der Waals surface area contributed by atoms with Crippen LogP contribution in [0.3, 0.4) is 0 Å². The molecule has 0 atom stereocenters. The minimum atomic E-state index is -0.361. The van der Waals surface area contributed by atoms with E-state index in [9.17, 15) is 4.39 Å². The number of methoxy groups -OCH3 is 1. The first-order valence-electron chi connectivity index (χ1n) is 8.33. The summed E-state index contributed by atoms with van der Waals surface area (Å²) in [6, 6.07) is 9.20. The van der Waals surface area contributed by atoms with Crippen molar-refractivity contribution in [3.63, 3.8) is 0 Å². The number of halogens is 1. The Morgan fingerprint density at radius 3 is 2.72 bits per heavy atom. The molecule has 0 amide bonds. The quantitative estimate of drug-likeness (QED) is 0.566. The third-order valence-corrected chi connectivity index (χ3v) is 4.75. The zero-order valence-electron chi connectivity index (χ0n) is 14.7. The summed E-state index contributed by atoms with van der Waals surface area (Å²) in [7, 11) is 1.48. The van der Waals surface area contributed by atoms with E-state index in [0.29, 0.717) is 5.92 Å². The normalized spacial score (nSPS) is 11.8. The zero-order valence-corrected chi connectivity index (χ0v) is 14.7. The maximum absolute atomic E-state index is 13.9. The number of H-pyrrole nitrogens is 1. The molecule has 2 heterocycles. The first-order valence-corrected chi connectivity index (χ1v) is 8.33. The van der Waals surface area contributed by atoms with E-state index in [-0.39, 0.29) is 11.6 Å². The molecule has 25 heavy (non-hydrogen) atoms. The number of aryl methyl sites for hydroxylation is 1. The fourth-order valence-electron chi connectivity index (χ4n) is 3.65. The molecule has 0 aliphatic rings. The van der Waals surface area contributed by atoms with Crippen LogP contribution in [0.15, 0.2) is 36.7 Å². The topological polar surface area (TPSA) is 42.8 Å². The molecule has 0 aliphatic heterocycles. The Morgan fingerprint density at radius 1 is 1.20 bits per heavy atom. The monoisotopic (exact) mass is 337 g/mol. The number of nitrogens with one attached hydrogen (secondary N) is 1. The summed E-state index contributed by atoms with van der Waals surface area (Å²) < 4.78 is 21.2. The van der Waals surface area contributed by atoms with Gasteiger partial charge in [-0.25, -0.2) is 9.37 Å². The molecule has 0 radical (unpaired) electrons. The highest BCUT2D eigenvalue weighted by Gasteiger charge is 2.20. The van der Waals surface area contributed by atoms with Gasteiger partial charge in [0.15, 0.2) is 11.6 Å². The highest BCUT2D eigenvalue weighted by molar-refractivity contribution is 5.97. The third-order valence-electron chi connectivity index (χ3n) is 4.75. The van der Waals surface area contributed by atoms with Gasteiger partial charge in [0.2, 0.25) is 0 Å². The Hall–Kier alpha value is -2.82. The van der Waals surface area contributed by atoms with Gasteiger partial charge in [0.25, 0.3) is 0 Å². The molecule has 4 rings (SSSR count). The van der Waals surface area contributed by atoms with Gasteiger partial charge < -0.3 is 14.3 Å². The van der Waals surface area contributed by atoms with Gasteiger partial charge in [0.1, 0.15) is 0 Å². The number of benzene rings is 2. The summed E-state index contributed by atoms with van der Waals surface area (Å²) in [6.07, 6.45) is 1.70. The molecule has 0 fully saturated rings. The molecule has 5 heteroatoms. The number of aromatic nitrogens is 3. The lowest BCUT2D eigenvalue weighted by atomic mass is 10.0. The number of imidazole rings is 1. The summed E-state index contributed by atoms with van der Waals surface area (Å²) in [5.41, 5.74) is 6.31. The van der Waals surface area contributed by atoms with Gasteiger partial charge in [0.05, 0.1) is 30.0 Å². The van der Waals surface area contributed by atoms with Crippen LogP contribution in [0.1, 0.15) is 31.0 Å². The van der Waals surface area contributed by atoms with E-state index in [1.165, 1.54) is 29.8 Å². The van der Waals surface area contributed by atoms with Crippen LogP contribution in [0.25, 0.3) is 27.6 Å². The maximum Gasteiger partial charge on any atom is 0.165 e. The lowest BCUT2D eigenvalue weighted by Gasteiger charge is -2.15. The molecule has 0 saturated heterocycles. The van der Waals surface area contributed by atoms with Gasteiger partial charge in [-0.15, -0.1) is 0 Å². The fraction of sp³-hybridized carbons (Fsp3) is 0.250. The average Bonchev–Trinajstić information content (AvgIpc) is 3.16. The van der Waals surface area contributed by atoms with Crippen molar-refractivity contribution in [1.82, 2.24) is 14.5 Å². The lowest BCUT2D eigenvalue weighted by Crippen LogP contribution is -2.04. The van der Waals surface area contributed by atoms with Crippen LogP contribution in [-0.4, -0.2) is 21.6 Å². The minimum Gasteiger partial charge on any atom is -0.494 e. The van der Waals surface area contributed by atoms with Crippen molar-refractivity contribution in [2.24, 2.45) is 0 Å². The fourth-order valence-corrected chi connectivity index (χ4v) is 3.65. The minimum absolute atomic E-state index is 0.243. The van der Waals surface area contributed by atoms with Crippen LogP contribution in [-0.2, 0) is 0 Å². The summed E-state index contributed by atoms with van der Waals surface area (Å²) in [4.78, 5) is 7.55. The number of hydrogen-bond donors (Lipinski definition) is 1.